The van der Waals surface area contributed by atoms with E-state index in [0.29, 0.717) is 5.75 Å². The van der Waals surface area contributed by atoms with E-state index in [0.717, 1.165) is 11.1 Å². The molecule has 2 aromatic carbocycles. The van der Waals surface area contributed by atoms with Gasteiger partial charge in [0.2, 0.25) is 0 Å². The number of nitro benzene ring substituents is 1. The van der Waals surface area contributed by atoms with Gasteiger partial charge in [-0.15, -0.1) is 0 Å². The van der Waals surface area contributed by atoms with Crippen molar-refractivity contribution in [1.82, 2.24) is 9.78 Å². The van der Waals surface area contributed by atoms with E-state index in [4.69, 9.17) is 16.3 Å². The second-order valence-electron chi connectivity index (χ2n) is 6.35. The van der Waals surface area contributed by atoms with E-state index in [1.165, 1.54) is 29.1 Å². The molecule has 0 saturated carbocycles. The summed E-state index contributed by atoms with van der Waals surface area (Å²) in [6.45, 7) is 3.85. The molecule has 0 unspecified atom stereocenters. The number of amides is 1. The molecule has 0 fully saturated rings. The number of aromatic nitrogens is 2. The molecule has 1 N–H and O–H groups in total. The van der Waals surface area contributed by atoms with E-state index < -0.39 is 10.8 Å². The molecule has 1 heterocycles. The Kier molecular flexibility index (Phi) is 5.32. The summed E-state index contributed by atoms with van der Waals surface area (Å²) in [5.74, 6) is 0.188. The molecule has 0 spiro atoms. The Labute approximate surface area is 165 Å². The van der Waals surface area contributed by atoms with Gasteiger partial charge >= 0.3 is 0 Å². The fourth-order valence-corrected chi connectivity index (χ4v) is 3.02. The Morgan fingerprint density at radius 1 is 1.14 bits per heavy atom. The van der Waals surface area contributed by atoms with Crippen LogP contribution in [0.2, 0.25) is 5.02 Å². The fraction of sp³-hybridized carbons (Fsp3) is 0.158. The van der Waals surface area contributed by atoms with Gasteiger partial charge in [0.1, 0.15) is 11.5 Å². The number of non-ortho nitro benzene ring substituents is 1. The lowest BCUT2D eigenvalue weighted by Crippen LogP contribution is -2.13. The van der Waals surface area contributed by atoms with Gasteiger partial charge in [0.25, 0.3) is 11.6 Å². The lowest BCUT2D eigenvalue weighted by molar-refractivity contribution is -0.384. The lowest BCUT2D eigenvalue weighted by Gasteiger charge is -2.10. The third kappa shape index (κ3) is 4.47. The van der Waals surface area contributed by atoms with Crippen LogP contribution in [0.25, 0.3) is 0 Å². The topological polar surface area (TPSA) is 99.3 Å². The summed E-state index contributed by atoms with van der Waals surface area (Å²) in [5.41, 5.74) is 1.99. The van der Waals surface area contributed by atoms with Crippen molar-refractivity contribution in [3.05, 3.63) is 74.6 Å². The minimum absolute atomic E-state index is 0.0208. The van der Waals surface area contributed by atoms with E-state index in [-0.39, 0.29) is 27.8 Å². The van der Waals surface area contributed by atoms with Crippen molar-refractivity contribution >= 4 is 28.9 Å². The second-order valence-corrected chi connectivity index (χ2v) is 6.76. The summed E-state index contributed by atoms with van der Waals surface area (Å²) in [6.07, 6.45) is 1.48. The molecule has 3 rings (SSSR count). The molecule has 0 radical (unpaired) electrons. The highest BCUT2D eigenvalue weighted by Crippen LogP contribution is 2.31. The van der Waals surface area contributed by atoms with Crippen molar-refractivity contribution in [3.63, 3.8) is 0 Å². The summed E-state index contributed by atoms with van der Waals surface area (Å²) in [5, 5.41) is 18.0. The number of anilines is 1. The maximum absolute atomic E-state index is 12.4. The Morgan fingerprint density at radius 3 is 2.36 bits per heavy atom. The Hall–Kier alpha value is -3.39. The van der Waals surface area contributed by atoms with Crippen LogP contribution >= 0.6 is 11.6 Å². The molecule has 0 bridgehead atoms. The Morgan fingerprint density at radius 2 is 1.79 bits per heavy atom. The first-order valence-corrected chi connectivity index (χ1v) is 8.65. The molecule has 8 nitrogen and oxygen atoms in total. The third-order valence-corrected chi connectivity index (χ3v) is 4.07. The lowest BCUT2D eigenvalue weighted by atomic mass is 10.1. The molecule has 0 saturated heterocycles. The first-order chi connectivity index (χ1) is 13.2. The number of benzene rings is 2. The predicted octanol–water partition coefficient (Wildman–Crippen LogP) is 4.64. The van der Waals surface area contributed by atoms with Crippen molar-refractivity contribution < 1.29 is 14.5 Å². The fourth-order valence-electron chi connectivity index (χ4n) is 2.75. The van der Waals surface area contributed by atoms with Crippen LogP contribution in [0.3, 0.4) is 0 Å². The highest BCUT2D eigenvalue weighted by atomic mass is 35.5. The smallest absolute Gasteiger partial charge is 0.277 e. The summed E-state index contributed by atoms with van der Waals surface area (Å²) < 4.78 is 7.19. The van der Waals surface area contributed by atoms with Crippen LogP contribution in [0, 0.1) is 24.0 Å². The van der Waals surface area contributed by atoms with E-state index in [2.05, 4.69) is 10.4 Å². The number of nitrogens with zero attached hydrogens (tertiary/aromatic N) is 3. The van der Waals surface area contributed by atoms with Gasteiger partial charge in [0, 0.05) is 25.4 Å². The highest BCUT2D eigenvalue weighted by molar-refractivity contribution is 6.34. The Bertz CT molecular complexity index is 1060. The van der Waals surface area contributed by atoms with Crippen LogP contribution in [-0.4, -0.2) is 20.6 Å². The van der Waals surface area contributed by atoms with Crippen LogP contribution < -0.4 is 10.1 Å². The van der Waals surface area contributed by atoms with E-state index in [1.807, 2.05) is 32.0 Å². The zero-order valence-electron chi connectivity index (χ0n) is 15.4. The number of hydrogen-bond acceptors (Lipinski definition) is 5. The number of carbonyl (C=O) groups is 1. The standard InChI is InChI=1S/C19H17ClN4O4/c1-11-4-12(2)6-15(5-11)28-16-8-13(7-14(9-16)24(26)27)21-19(25)18-17(20)10-23(3)22-18/h4-10H,1-3H3,(H,21,25). The molecular formula is C19H17ClN4O4. The number of nitrogens with one attached hydrogen (secondary N) is 1. The van der Waals surface area contributed by atoms with Crippen LogP contribution in [0.15, 0.2) is 42.6 Å². The average molecular weight is 401 g/mol. The third-order valence-electron chi connectivity index (χ3n) is 3.79. The number of halogens is 1. The zero-order chi connectivity index (χ0) is 20.4. The number of nitro groups is 1. The van der Waals surface area contributed by atoms with Crippen molar-refractivity contribution in [2.45, 2.75) is 13.8 Å². The van der Waals surface area contributed by atoms with Crippen LogP contribution in [0.1, 0.15) is 21.6 Å². The summed E-state index contributed by atoms with van der Waals surface area (Å²) >= 11 is 5.98. The van der Waals surface area contributed by atoms with Gasteiger partial charge < -0.3 is 10.1 Å². The largest absolute Gasteiger partial charge is 0.457 e. The molecular weight excluding hydrogens is 384 g/mol. The van der Waals surface area contributed by atoms with Gasteiger partial charge in [0.05, 0.1) is 21.7 Å². The van der Waals surface area contributed by atoms with Gasteiger partial charge in [-0.25, -0.2) is 0 Å². The first kappa shape index (κ1) is 19.4. The van der Waals surface area contributed by atoms with Crippen molar-refractivity contribution in [3.8, 4) is 11.5 Å². The van der Waals surface area contributed by atoms with Gasteiger partial charge in [-0.1, -0.05) is 17.7 Å². The van der Waals surface area contributed by atoms with Crippen molar-refractivity contribution in [2.24, 2.45) is 7.05 Å². The molecule has 0 atom stereocenters. The minimum atomic E-state index is -0.580. The van der Waals surface area contributed by atoms with E-state index >= 15 is 0 Å². The zero-order valence-corrected chi connectivity index (χ0v) is 16.1. The molecule has 0 aliphatic carbocycles. The summed E-state index contributed by atoms with van der Waals surface area (Å²) in [6, 6.07) is 9.65. The van der Waals surface area contributed by atoms with E-state index in [9.17, 15) is 14.9 Å². The maximum Gasteiger partial charge on any atom is 0.277 e. The predicted molar refractivity (Wildman–Crippen MR) is 105 cm³/mol. The van der Waals surface area contributed by atoms with Crippen LogP contribution in [0.4, 0.5) is 11.4 Å². The van der Waals surface area contributed by atoms with Gasteiger partial charge in [-0.2, -0.15) is 5.10 Å². The molecule has 28 heavy (non-hydrogen) atoms. The molecule has 1 amide bonds. The summed E-state index contributed by atoms with van der Waals surface area (Å²) in [7, 11) is 1.63. The van der Waals surface area contributed by atoms with Gasteiger partial charge in [-0.05, 0) is 37.1 Å². The SMILES string of the molecule is Cc1cc(C)cc(Oc2cc(NC(=O)c3nn(C)cc3Cl)cc([N+](=O)[O-])c2)c1. The van der Waals surface area contributed by atoms with Gasteiger partial charge in [-0.3, -0.25) is 19.6 Å². The van der Waals surface area contributed by atoms with Gasteiger partial charge in [0.15, 0.2) is 5.69 Å². The molecule has 1 aromatic heterocycles. The number of hydrogen-bond donors (Lipinski definition) is 1. The van der Waals surface area contributed by atoms with Crippen molar-refractivity contribution in [2.75, 3.05) is 5.32 Å². The average Bonchev–Trinajstić information content (AvgIpc) is 2.92. The number of ether oxygens (including phenoxy) is 1. The molecule has 3 aromatic rings. The molecule has 0 aliphatic rings. The molecule has 144 valence electrons. The monoisotopic (exact) mass is 400 g/mol. The number of rotatable bonds is 5. The maximum atomic E-state index is 12.4. The van der Waals surface area contributed by atoms with Crippen molar-refractivity contribution in [1.29, 1.82) is 0 Å². The molecule has 9 heteroatoms. The summed E-state index contributed by atoms with van der Waals surface area (Å²) in [4.78, 5) is 23.1. The quantitative estimate of drug-likeness (QED) is 0.496. The van der Waals surface area contributed by atoms with Crippen LogP contribution in [-0.2, 0) is 7.05 Å². The minimum Gasteiger partial charge on any atom is -0.457 e. The normalized spacial score (nSPS) is 10.6. The number of aryl methyl sites for hydroxylation is 3. The molecule has 0 aliphatic heterocycles. The van der Waals surface area contributed by atoms with E-state index in [1.54, 1.807) is 7.05 Å². The first-order valence-electron chi connectivity index (χ1n) is 8.27. The number of carbonyl (C=O) groups excluding carboxylic acids is 1. The Balaban J connectivity index is 1.92. The highest BCUT2D eigenvalue weighted by Gasteiger charge is 2.18. The van der Waals surface area contributed by atoms with Crippen LogP contribution in [0.5, 0.6) is 11.5 Å². The second kappa shape index (κ2) is 7.69.